The molecule has 0 radical (unpaired) electrons. The van der Waals surface area contributed by atoms with Crippen LogP contribution in [0.25, 0.3) is 10.9 Å². The van der Waals surface area contributed by atoms with Crippen molar-refractivity contribution >= 4 is 40.9 Å². The van der Waals surface area contributed by atoms with E-state index in [1.807, 2.05) is 36.6 Å². The average Bonchev–Trinajstić information content (AvgIpc) is 2.86. The van der Waals surface area contributed by atoms with Gasteiger partial charge in [-0.3, -0.25) is 0 Å². The van der Waals surface area contributed by atoms with Crippen LogP contribution in [-0.2, 0) is 16.2 Å². The van der Waals surface area contributed by atoms with Crippen LogP contribution >= 0.6 is 15.9 Å². The molecule has 1 heterocycles. The van der Waals surface area contributed by atoms with E-state index in [2.05, 4.69) is 35.6 Å². The summed E-state index contributed by atoms with van der Waals surface area (Å²) in [6.45, 7) is 12.3. The van der Waals surface area contributed by atoms with E-state index in [4.69, 9.17) is 9.47 Å². The Hall–Kier alpha value is -1.11. The van der Waals surface area contributed by atoms with Gasteiger partial charge in [-0.15, -0.1) is 0 Å². The Morgan fingerprint density at radius 2 is 2.00 bits per heavy atom. The number of carbonyl (C=O) groups is 1. The molecule has 0 aliphatic carbocycles. The molecule has 0 fully saturated rings. The molecule has 0 spiro atoms. The standard InChI is InChI=1S/C18H26BrNO3Si/c1-6-23-18(21)17-11-14-13(2)15(19)7-8-16(14)20(17)12-22-9-10-24(3,4)5/h7-8,11H,6,9-10,12H2,1-5H3. The first-order valence-electron chi connectivity index (χ1n) is 8.28. The van der Waals surface area contributed by atoms with Crippen molar-refractivity contribution in [1.82, 2.24) is 4.57 Å². The fourth-order valence-corrected chi connectivity index (χ4v) is 3.60. The van der Waals surface area contributed by atoms with Gasteiger partial charge in [0.15, 0.2) is 0 Å². The molecule has 2 rings (SSSR count). The van der Waals surface area contributed by atoms with E-state index in [1.165, 1.54) is 0 Å². The highest BCUT2D eigenvalue weighted by atomic mass is 79.9. The summed E-state index contributed by atoms with van der Waals surface area (Å²) < 4.78 is 14.0. The molecule has 0 saturated carbocycles. The zero-order chi connectivity index (χ0) is 17.9. The summed E-state index contributed by atoms with van der Waals surface area (Å²) >= 11 is 3.55. The van der Waals surface area contributed by atoms with Crippen molar-refractivity contribution in [3.63, 3.8) is 0 Å². The number of fused-ring (bicyclic) bond motifs is 1. The van der Waals surface area contributed by atoms with Crippen LogP contribution in [0.5, 0.6) is 0 Å². The number of rotatable bonds is 7. The van der Waals surface area contributed by atoms with Crippen molar-refractivity contribution in [2.45, 2.75) is 46.3 Å². The summed E-state index contributed by atoms with van der Waals surface area (Å²) in [4.78, 5) is 12.3. The van der Waals surface area contributed by atoms with E-state index in [0.717, 1.165) is 27.0 Å². The van der Waals surface area contributed by atoms with Crippen LogP contribution in [0.1, 0.15) is 23.0 Å². The molecule has 4 nitrogen and oxygen atoms in total. The van der Waals surface area contributed by atoms with Gasteiger partial charge in [-0.05, 0) is 43.7 Å². The molecule has 2 aromatic rings. The number of hydrogen-bond donors (Lipinski definition) is 0. The van der Waals surface area contributed by atoms with E-state index in [9.17, 15) is 4.79 Å². The second-order valence-corrected chi connectivity index (χ2v) is 13.6. The first-order valence-corrected chi connectivity index (χ1v) is 12.8. The van der Waals surface area contributed by atoms with Gasteiger partial charge < -0.3 is 14.0 Å². The van der Waals surface area contributed by atoms with Gasteiger partial charge in [-0.1, -0.05) is 35.6 Å². The number of nitrogens with zero attached hydrogens (tertiary/aromatic N) is 1. The first-order chi connectivity index (χ1) is 11.2. The summed E-state index contributed by atoms with van der Waals surface area (Å²) in [5, 5.41) is 1.04. The minimum Gasteiger partial charge on any atom is -0.461 e. The van der Waals surface area contributed by atoms with E-state index in [1.54, 1.807) is 0 Å². The van der Waals surface area contributed by atoms with Crippen LogP contribution in [0, 0.1) is 6.92 Å². The predicted octanol–water partition coefficient (Wildman–Crippen LogP) is 5.20. The Kier molecular flexibility index (Phi) is 6.28. The molecule has 132 valence electrons. The minimum absolute atomic E-state index is 0.307. The molecule has 0 aliphatic heterocycles. The maximum Gasteiger partial charge on any atom is 0.355 e. The Balaban J connectivity index is 2.32. The van der Waals surface area contributed by atoms with Gasteiger partial charge in [-0.2, -0.15) is 0 Å². The first kappa shape index (κ1) is 19.2. The van der Waals surface area contributed by atoms with E-state index < -0.39 is 8.07 Å². The number of halogens is 1. The van der Waals surface area contributed by atoms with Gasteiger partial charge in [-0.25, -0.2) is 4.79 Å². The summed E-state index contributed by atoms with van der Waals surface area (Å²) in [7, 11) is -1.13. The fourth-order valence-electron chi connectivity index (χ4n) is 2.50. The predicted molar refractivity (Wildman–Crippen MR) is 104 cm³/mol. The number of benzene rings is 1. The molecule has 0 bridgehead atoms. The number of hydrogen-bond acceptors (Lipinski definition) is 3. The molecule has 0 aliphatic rings. The maximum absolute atomic E-state index is 12.3. The number of carbonyl (C=O) groups excluding carboxylic acids is 1. The lowest BCUT2D eigenvalue weighted by atomic mass is 10.1. The Morgan fingerprint density at radius 1 is 1.29 bits per heavy atom. The number of aromatic nitrogens is 1. The molecule has 0 N–H and O–H groups in total. The second kappa shape index (κ2) is 7.85. The molecule has 0 amide bonds. The highest BCUT2D eigenvalue weighted by Gasteiger charge is 2.19. The van der Waals surface area contributed by atoms with Gasteiger partial charge in [0.1, 0.15) is 12.4 Å². The monoisotopic (exact) mass is 411 g/mol. The fraction of sp³-hybridized carbons (Fsp3) is 0.500. The lowest BCUT2D eigenvalue weighted by Gasteiger charge is -2.16. The van der Waals surface area contributed by atoms with Crippen molar-refractivity contribution in [3.05, 3.63) is 33.9 Å². The van der Waals surface area contributed by atoms with Crippen molar-refractivity contribution in [3.8, 4) is 0 Å². The largest absolute Gasteiger partial charge is 0.461 e. The van der Waals surface area contributed by atoms with Crippen molar-refractivity contribution in [2.24, 2.45) is 0 Å². The zero-order valence-electron chi connectivity index (χ0n) is 15.1. The third-order valence-corrected chi connectivity index (χ3v) is 6.55. The highest BCUT2D eigenvalue weighted by Crippen LogP contribution is 2.29. The van der Waals surface area contributed by atoms with Crippen LogP contribution < -0.4 is 0 Å². The third-order valence-electron chi connectivity index (χ3n) is 3.99. The molecule has 0 atom stereocenters. The molecular formula is C18H26BrNO3Si. The van der Waals surface area contributed by atoms with Gasteiger partial charge >= 0.3 is 5.97 Å². The Morgan fingerprint density at radius 3 is 2.62 bits per heavy atom. The smallest absolute Gasteiger partial charge is 0.355 e. The normalized spacial score (nSPS) is 11.9. The highest BCUT2D eigenvalue weighted by molar-refractivity contribution is 9.10. The number of ether oxygens (including phenoxy) is 2. The number of esters is 1. The Labute approximate surface area is 153 Å². The summed E-state index contributed by atoms with van der Waals surface area (Å²) in [6, 6.07) is 7.02. The Bertz CT molecular complexity index is 734. The molecule has 0 saturated heterocycles. The topological polar surface area (TPSA) is 40.5 Å². The minimum atomic E-state index is -1.13. The lowest BCUT2D eigenvalue weighted by Crippen LogP contribution is -2.22. The van der Waals surface area contributed by atoms with Crippen molar-refractivity contribution in [1.29, 1.82) is 0 Å². The number of aryl methyl sites for hydroxylation is 1. The maximum atomic E-state index is 12.3. The van der Waals surface area contributed by atoms with Gasteiger partial charge in [0.2, 0.25) is 0 Å². The quantitative estimate of drug-likeness (QED) is 0.357. The summed E-state index contributed by atoms with van der Waals surface area (Å²) in [5.74, 6) is -0.307. The molecular weight excluding hydrogens is 386 g/mol. The van der Waals surface area contributed by atoms with Crippen LogP contribution in [0.4, 0.5) is 0 Å². The third kappa shape index (κ3) is 4.49. The van der Waals surface area contributed by atoms with E-state index >= 15 is 0 Å². The van der Waals surface area contributed by atoms with Crippen LogP contribution in [0.3, 0.4) is 0 Å². The molecule has 0 unspecified atom stereocenters. The van der Waals surface area contributed by atoms with Crippen molar-refractivity contribution < 1.29 is 14.3 Å². The van der Waals surface area contributed by atoms with E-state index in [-0.39, 0.29) is 5.97 Å². The average molecular weight is 412 g/mol. The van der Waals surface area contributed by atoms with Crippen LogP contribution in [0.15, 0.2) is 22.7 Å². The zero-order valence-corrected chi connectivity index (χ0v) is 17.7. The lowest BCUT2D eigenvalue weighted by molar-refractivity contribution is 0.0478. The molecule has 1 aromatic carbocycles. The van der Waals surface area contributed by atoms with Gasteiger partial charge in [0.05, 0.1) is 12.1 Å². The summed E-state index contributed by atoms with van der Waals surface area (Å²) in [6.07, 6.45) is 0. The van der Waals surface area contributed by atoms with E-state index in [0.29, 0.717) is 25.6 Å². The van der Waals surface area contributed by atoms with Gasteiger partial charge in [0.25, 0.3) is 0 Å². The molecule has 24 heavy (non-hydrogen) atoms. The van der Waals surface area contributed by atoms with Crippen LogP contribution in [0.2, 0.25) is 25.7 Å². The second-order valence-electron chi connectivity index (χ2n) is 7.13. The van der Waals surface area contributed by atoms with Gasteiger partial charge in [0, 0.05) is 24.5 Å². The SMILES string of the molecule is CCOC(=O)c1cc2c(C)c(Br)ccc2n1COCC[Si](C)(C)C. The summed E-state index contributed by atoms with van der Waals surface area (Å²) in [5.41, 5.74) is 2.65. The molecule has 6 heteroatoms. The van der Waals surface area contributed by atoms with Crippen molar-refractivity contribution in [2.75, 3.05) is 13.2 Å². The van der Waals surface area contributed by atoms with Crippen LogP contribution in [-0.4, -0.2) is 31.8 Å². The molecule has 1 aromatic heterocycles.